The van der Waals surface area contributed by atoms with E-state index >= 15 is 0 Å². The van der Waals surface area contributed by atoms with Crippen LogP contribution >= 0.6 is 15.9 Å². The fourth-order valence-corrected chi connectivity index (χ4v) is 5.88. The van der Waals surface area contributed by atoms with Crippen molar-refractivity contribution in [3.63, 3.8) is 0 Å². The molecule has 1 fully saturated rings. The first-order valence-electron chi connectivity index (χ1n) is 14.6. The summed E-state index contributed by atoms with van der Waals surface area (Å²) in [7, 11) is 3.08. The Labute approximate surface area is 252 Å². The van der Waals surface area contributed by atoms with Gasteiger partial charge in [-0.05, 0) is 68.1 Å². The van der Waals surface area contributed by atoms with E-state index in [-0.39, 0.29) is 30.4 Å². The quantitative estimate of drug-likeness (QED) is 0.220. The fraction of sp³-hybridized carbons (Fsp3) is 0.455. The van der Waals surface area contributed by atoms with Gasteiger partial charge in [0.05, 0.1) is 20.8 Å². The van der Waals surface area contributed by atoms with Crippen LogP contribution < -0.4 is 9.47 Å². The second kappa shape index (κ2) is 14.6. The number of benzene rings is 2. The predicted molar refractivity (Wildman–Crippen MR) is 165 cm³/mol. The molecule has 4 rings (SSSR count). The van der Waals surface area contributed by atoms with E-state index in [9.17, 15) is 9.59 Å². The van der Waals surface area contributed by atoms with Gasteiger partial charge in [0.15, 0.2) is 0 Å². The lowest BCUT2D eigenvalue weighted by molar-refractivity contribution is -0.136. The Morgan fingerprint density at radius 2 is 1.63 bits per heavy atom. The van der Waals surface area contributed by atoms with Gasteiger partial charge in [0.2, 0.25) is 5.91 Å². The molecule has 1 saturated carbocycles. The number of nitrogens with zero attached hydrogens (tertiary/aromatic N) is 3. The highest BCUT2D eigenvalue weighted by Crippen LogP contribution is 2.31. The molecule has 1 atom stereocenters. The molecule has 0 N–H and O–H groups in total. The van der Waals surface area contributed by atoms with E-state index in [2.05, 4.69) is 44.9 Å². The Kier molecular flexibility index (Phi) is 10.9. The smallest absolute Gasteiger partial charge is 0.262 e. The van der Waals surface area contributed by atoms with E-state index in [0.29, 0.717) is 23.6 Å². The molecule has 2 aromatic carbocycles. The van der Waals surface area contributed by atoms with Crippen LogP contribution in [0.5, 0.6) is 11.5 Å². The van der Waals surface area contributed by atoms with Crippen molar-refractivity contribution >= 4 is 27.7 Å². The first-order valence-corrected chi connectivity index (χ1v) is 15.3. The second-order valence-corrected chi connectivity index (χ2v) is 11.7. The average molecular weight is 625 g/mol. The zero-order valence-electron chi connectivity index (χ0n) is 24.6. The molecule has 1 aliphatic carbocycles. The minimum absolute atomic E-state index is 0.00103. The molecule has 41 heavy (non-hydrogen) atoms. The molecule has 2 amide bonds. The number of halogens is 1. The Hall–Kier alpha value is -3.26. The van der Waals surface area contributed by atoms with Gasteiger partial charge >= 0.3 is 0 Å². The number of ether oxygens (including phenoxy) is 2. The summed E-state index contributed by atoms with van der Waals surface area (Å²) in [6.07, 6.45) is 8.18. The lowest BCUT2D eigenvalue weighted by Crippen LogP contribution is -2.49. The lowest BCUT2D eigenvalue weighted by Gasteiger charge is -2.37. The molecule has 8 heteroatoms. The molecule has 0 saturated heterocycles. The van der Waals surface area contributed by atoms with Crippen LogP contribution in [0.15, 0.2) is 65.3 Å². The number of carbonyl (C=O) groups is 2. The lowest BCUT2D eigenvalue weighted by atomic mass is 9.94. The number of hydrogen-bond donors (Lipinski definition) is 0. The summed E-state index contributed by atoms with van der Waals surface area (Å²) < 4.78 is 14.3. The van der Waals surface area contributed by atoms with Crippen molar-refractivity contribution in [3.05, 3.63) is 82.1 Å². The van der Waals surface area contributed by atoms with Gasteiger partial charge in [-0.1, -0.05) is 60.3 Å². The SMILES string of the molecule is CCC(C)N(CC(=O)N(Cc1cccn1Cc1ccc(Br)cc1)C1CCCCC1)C(=O)c1c(OC)cccc1OC. The summed E-state index contributed by atoms with van der Waals surface area (Å²) in [6, 6.07) is 17.8. The van der Waals surface area contributed by atoms with Crippen molar-refractivity contribution in [2.24, 2.45) is 0 Å². The van der Waals surface area contributed by atoms with Gasteiger partial charge in [-0.25, -0.2) is 0 Å². The molecule has 3 aromatic rings. The molecule has 0 spiro atoms. The Morgan fingerprint density at radius 1 is 0.976 bits per heavy atom. The normalized spacial score (nSPS) is 14.4. The summed E-state index contributed by atoms with van der Waals surface area (Å²) in [4.78, 5) is 31.9. The second-order valence-electron chi connectivity index (χ2n) is 10.8. The van der Waals surface area contributed by atoms with Crippen LogP contribution in [0, 0.1) is 0 Å². The topological polar surface area (TPSA) is 64.0 Å². The van der Waals surface area contributed by atoms with Crippen LogP contribution in [0.4, 0.5) is 0 Å². The van der Waals surface area contributed by atoms with Gasteiger partial charge in [0.1, 0.15) is 23.6 Å². The minimum Gasteiger partial charge on any atom is -0.496 e. The van der Waals surface area contributed by atoms with Crippen molar-refractivity contribution in [1.29, 1.82) is 0 Å². The highest BCUT2D eigenvalue weighted by Gasteiger charge is 2.32. The van der Waals surface area contributed by atoms with Gasteiger partial charge in [-0.3, -0.25) is 9.59 Å². The number of carbonyl (C=O) groups excluding carboxylic acids is 2. The standard InChI is InChI=1S/C33H42BrN3O4/c1-5-24(2)36(33(39)32-29(40-3)14-9-15-30(32)41-4)23-31(38)37(27-11-7-6-8-12-27)22-28-13-10-20-35(28)21-25-16-18-26(34)19-17-25/h9-10,13-20,24,27H,5-8,11-12,21-23H2,1-4H3. The first-order chi connectivity index (χ1) is 19.9. The Morgan fingerprint density at radius 3 is 2.24 bits per heavy atom. The third kappa shape index (κ3) is 7.53. The van der Waals surface area contributed by atoms with Crippen LogP contribution in [0.2, 0.25) is 0 Å². The summed E-state index contributed by atoms with van der Waals surface area (Å²) >= 11 is 3.51. The number of aromatic nitrogens is 1. The molecular weight excluding hydrogens is 582 g/mol. The summed E-state index contributed by atoms with van der Waals surface area (Å²) in [5, 5.41) is 0. The monoisotopic (exact) mass is 623 g/mol. The zero-order valence-corrected chi connectivity index (χ0v) is 26.2. The summed E-state index contributed by atoms with van der Waals surface area (Å²) in [5.74, 6) is 0.579. The number of rotatable bonds is 12. The predicted octanol–water partition coefficient (Wildman–Crippen LogP) is 6.92. The van der Waals surface area contributed by atoms with E-state index in [4.69, 9.17) is 9.47 Å². The average Bonchev–Trinajstić information content (AvgIpc) is 3.45. The molecule has 0 bridgehead atoms. The molecule has 1 aliphatic rings. The third-order valence-corrected chi connectivity index (χ3v) is 8.72. The van der Waals surface area contributed by atoms with Crippen LogP contribution in [-0.4, -0.2) is 59.0 Å². The van der Waals surface area contributed by atoms with Crippen molar-refractivity contribution in [2.45, 2.75) is 77.5 Å². The Bertz CT molecular complexity index is 1280. The third-order valence-electron chi connectivity index (χ3n) is 8.19. The number of amides is 2. The minimum atomic E-state index is -0.260. The van der Waals surface area contributed by atoms with Crippen LogP contribution in [0.25, 0.3) is 0 Å². The molecule has 220 valence electrons. The van der Waals surface area contributed by atoms with Gasteiger partial charge in [-0.2, -0.15) is 0 Å². The first kappa shape index (κ1) is 30.7. The largest absolute Gasteiger partial charge is 0.496 e. The Balaban J connectivity index is 1.61. The van der Waals surface area contributed by atoms with Crippen molar-refractivity contribution in [2.75, 3.05) is 20.8 Å². The van der Waals surface area contributed by atoms with E-state index in [1.807, 2.05) is 36.9 Å². The van der Waals surface area contributed by atoms with E-state index in [0.717, 1.165) is 48.8 Å². The maximum Gasteiger partial charge on any atom is 0.262 e. The molecular formula is C33H42BrN3O4. The van der Waals surface area contributed by atoms with Gasteiger partial charge < -0.3 is 23.8 Å². The molecule has 1 aromatic heterocycles. The van der Waals surface area contributed by atoms with Gasteiger partial charge in [0, 0.05) is 35.0 Å². The molecule has 1 heterocycles. The highest BCUT2D eigenvalue weighted by molar-refractivity contribution is 9.10. The van der Waals surface area contributed by atoms with Crippen molar-refractivity contribution in [3.8, 4) is 11.5 Å². The molecule has 7 nitrogen and oxygen atoms in total. The number of hydrogen-bond acceptors (Lipinski definition) is 4. The van der Waals surface area contributed by atoms with Crippen molar-refractivity contribution < 1.29 is 19.1 Å². The van der Waals surface area contributed by atoms with E-state index in [1.54, 1.807) is 37.3 Å². The van der Waals surface area contributed by atoms with Crippen LogP contribution in [-0.2, 0) is 17.9 Å². The summed E-state index contributed by atoms with van der Waals surface area (Å²) in [5.41, 5.74) is 2.62. The zero-order chi connectivity index (χ0) is 29.4. The maximum absolute atomic E-state index is 14.2. The highest BCUT2D eigenvalue weighted by atomic mass is 79.9. The summed E-state index contributed by atoms with van der Waals surface area (Å²) in [6.45, 7) is 5.25. The molecule has 0 radical (unpaired) electrons. The maximum atomic E-state index is 14.2. The fourth-order valence-electron chi connectivity index (χ4n) is 5.61. The van der Waals surface area contributed by atoms with Gasteiger partial charge in [0.25, 0.3) is 5.91 Å². The molecule has 0 aliphatic heterocycles. The van der Waals surface area contributed by atoms with E-state index in [1.165, 1.54) is 12.0 Å². The van der Waals surface area contributed by atoms with Crippen LogP contribution in [0.3, 0.4) is 0 Å². The number of methoxy groups -OCH3 is 2. The van der Waals surface area contributed by atoms with Gasteiger partial charge in [-0.15, -0.1) is 0 Å². The molecule has 1 unspecified atom stereocenters. The van der Waals surface area contributed by atoms with Crippen LogP contribution in [0.1, 0.15) is 74.0 Å². The van der Waals surface area contributed by atoms with Crippen molar-refractivity contribution in [1.82, 2.24) is 14.4 Å². The van der Waals surface area contributed by atoms with E-state index < -0.39 is 0 Å².